The van der Waals surface area contributed by atoms with Crippen LogP contribution >= 0.6 is 0 Å². The lowest BCUT2D eigenvalue weighted by Crippen LogP contribution is -2.34. The second-order valence-electron chi connectivity index (χ2n) is 33.4. The van der Waals surface area contributed by atoms with E-state index in [0.29, 0.717) is 179 Å². The molecule has 0 spiro atoms. The fraction of sp³-hybridized carbons (Fsp3) is 0.407. The van der Waals surface area contributed by atoms with E-state index >= 15 is 0 Å². The highest BCUT2D eigenvalue weighted by molar-refractivity contribution is 5.79. The molecule has 0 unspecified atom stereocenters. The van der Waals surface area contributed by atoms with Crippen LogP contribution in [0.15, 0.2) is 155 Å². The number of nitrogens with zero attached hydrogens (tertiary/aromatic N) is 19. The molecule has 0 N–H and O–H groups in total. The van der Waals surface area contributed by atoms with Gasteiger partial charge in [-0.3, -0.25) is 24.0 Å². The minimum absolute atomic E-state index is 0.00136. The monoisotopic (exact) mass is 1960 g/mol. The number of halogens is 15. The number of carbonyl (C=O) groups excluding carboxylic acids is 6. The van der Waals surface area contributed by atoms with Crippen molar-refractivity contribution in [1.82, 2.24) is 95.3 Å². The summed E-state index contributed by atoms with van der Waals surface area (Å²) in [4.78, 5) is 107. The van der Waals surface area contributed by atoms with Gasteiger partial charge in [-0.1, -0.05) is 134 Å². The van der Waals surface area contributed by atoms with Crippen molar-refractivity contribution in [1.29, 1.82) is 0 Å². The van der Waals surface area contributed by atoms with Crippen LogP contribution in [0.1, 0.15) is 174 Å². The molecule has 738 valence electrons. The van der Waals surface area contributed by atoms with E-state index in [1.165, 1.54) is 41.5 Å². The Morgan fingerprint density at radius 1 is 0.302 bits per heavy atom. The smallest absolute Gasteiger partial charge is 0.410 e. The van der Waals surface area contributed by atoms with Gasteiger partial charge in [-0.05, 0) is 85.0 Å². The summed E-state index contributed by atoms with van der Waals surface area (Å²) < 4.78 is 232. The highest BCUT2D eigenvalue weighted by Gasteiger charge is 2.39. The second-order valence-corrected chi connectivity index (χ2v) is 33.4. The summed E-state index contributed by atoms with van der Waals surface area (Å²) >= 11 is 0. The number of amides is 7. The molecule has 12 heterocycles. The minimum Gasteiger partial charge on any atom is -0.448 e. The Balaban J connectivity index is 0.000000141. The van der Waals surface area contributed by atoms with Gasteiger partial charge in [-0.15, -0.1) is 0 Å². The van der Waals surface area contributed by atoms with Gasteiger partial charge in [0.15, 0.2) is 0 Å². The average molecular weight is 1960 g/mol. The zero-order chi connectivity index (χ0) is 100. The molecule has 12 aromatic rings. The van der Waals surface area contributed by atoms with Gasteiger partial charge in [0.25, 0.3) is 35.3 Å². The maximum atomic E-state index is 14.3. The van der Waals surface area contributed by atoms with E-state index in [4.69, 9.17) is 9.57 Å². The van der Waals surface area contributed by atoms with E-state index in [-0.39, 0.29) is 100 Å². The molecule has 18 rings (SSSR count). The van der Waals surface area contributed by atoms with Crippen LogP contribution in [0.25, 0.3) is 68.3 Å². The third-order valence-corrected chi connectivity index (χ3v) is 21.7. The molecule has 0 bridgehead atoms. The molecule has 6 aromatic heterocycles. The van der Waals surface area contributed by atoms with Crippen molar-refractivity contribution >= 4 is 35.8 Å². The number of alkyl halides is 12. The van der Waals surface area contributed by atoms with Gasteiger partial charge in [-0.2, -0.15) is 82.6 Å². The Labute approximate surface area is 781 Å². The predicted molar refractivity (Wildman–Crippen MR) is 455 cm³/mol. The summed E-state index contributed by atoms with van der Waals surface area (Å²) in [5, 5.41) is 22.3. The second kappa shape index (κ2) is 43.5. The number of benzene rings is 6. The molecule has 139 heavy (non-hydrogen) atoms. The molecule has 6 saturated heterocycles. The Bertz CT molecular complexity index is 6170. The van der Waals surface area contributed by atoms with Crippen molar-refractivity contribution in [2.75, 3.05) is 59.5 Å². The number of carbonyl (C=O) groups is 6. The molecular formula is C91H90F15N19O14. The summed E-state index contributed by atoms with van der Waals surface area (Å²) in [6, 6.07) is 33.6. The molecule has 6 aliphatic rings. The molecule has 6 aliphatic heterocycles. The van der Waals surface area contributed by atoms with E-state index in [1.54, 1.807) is 103 Å². The molecule has 33 nitrogen and oxygen atoms in total. The van der Waals surface area contributed by atoms with Gasteiger partial charge in [0, 0.05) is 179 Å². The van der Waals surface area contributed by atoms with Crippen LogP contribution in [0.3, 0.4) is 0 Å². The predicted octanol–water partition coefficient (Wildman–Crippen LogP) is 18.5. The molecular weight excluding hydrogens is 1870 g/mol. The molecule has 6 fully saturated rings. The van der Waals surface area contributed by atoms with Crippen molar-refractivity contribution in [3.63, 3.8) is 0 Å². The third kappa shape index (κ3) is 27.3. The van der Waals surface area contributed by atoms with Crippen LogP contribution in [0, 0.1) is 17.5 Å². The number of rotatable bonds is 24. The molecule has 0 radical (unpaired) electrons. The van der Waals surface area contributed by atoms with Crippen molar-refractivity contribution in [2.24, 2.45) is 0 Å². The van der Waals surface area contributed by atoms with Gasteiger partial charge in [-0.25, -0.2) is 27.8 Å². The summed E-state index contributed by atoms with van der Waals surface area (Å²) in [6.45, 7) is 10.8. The van der Waals surface area contributed by atoms with Gasteiger partial charge in [0.1, 0.15) is 24.1 Å². The number of hydroxylamine groups is 2. The summed E-state index contributed by atoms with van der Waals surface area (Å²) in [7, 11) is 1.77. The van der Waals surface area contributed by atoms with Crippen LogP contribution in [0.5, 0.6) is 0 Å². The van der Waals surface area contributed by atoms with E-state index in [1.807, 2.05) is 12.1 Å². The lowest BCUT2D eigenvalue weighted by atomic mass is 10.1. The van der Waals surface area contributed by atoms with E-state index < -0.39 is 88.3 Å². The lowest BCUT2D eigenvalue weighted by molar-refractivity contribution is -0.201. The first kappa shape index (κ1) is 102. The highest BCUT2D eigenvalue weighted by Crippen LogP contribution is 2.37. The minimum atomic E-state index is -3.28. The maximum Gasteiger partial charge on any atom is 0.410 e. The number of likely N-dealkylation sites (tertiary alicyclic amines) is 3. The van der Waals surface area contributed by atoms with Crippen molar-refractivity contribution in [3.05, 3.63) is 214 Å². The summed E-state index contributed by atoms with van der Waals surface area (Å²) in [6.07, 6.45) is 6.71. The van der Waals surface area contributed by atoms with Crippen LogP contribution in [-0.4, -0.2) is 191 Å². The van der Waals surface area contributed by atoms with E-state index in [2.05, 4.69) is 88.0 Å². The lowest BCUT2D eigenvalue weighted by Gasteiger charge is -2.26. The van der Waals surface area contributed by atoms with Crippen molar-refractivity contribution in [2.45, 2.75) is 181 Å². The van der Waals surface area contributed by atoms with Crippen LogP contribution in [0.2, 0.25) is 0 Å². The Morgan fingerprint density at radius 2 is 0.633 bits per heavy atom. The molecule has 0 aliphatic carbocycles. The molecule has 0 atom stereocenters. The van der Waals surface area contributed by atoms with Gasteiger partial charge in [0.05, 0.1) is 25.3 Å². The van der Waals surface area contributed by atoms with E-state index in [0.717, 1.165) is 67.3 Å². The zero-order valence-corrected chi connectivity index (χ0v) is 75.5. The first-order valence-corrected chi connectivity index (χ1v) is 43.4. The Kier molecular flexibility index (Phi) is 31.9. The molecule has 7 amide bonds. The molecule has 6 aromatic carbocycles. The van der Waals surface area contributed by atoms with Gasteiger partial charge in [0.2, 0.25) is 58.6 Å². The topological polar surface area (TPSA) is 377 Å². The standard InChI is InChI=1S/2C16H16F3N3O2.C15H14F3N3O2.C15H16F2N4O2.C15H15F2N3O3.C14H13F2N3O3/c1-16(18,19)15-20-14(21-24-15)10-5-6-11(12(17)8-10)9-22-7-3-2-4-13(22)23;1-16(18,19)15-20-14(21-24-15)11-6-5-10(8-12(11)17)9-22-7-3-2-4-13(22)23;1-15(17,18)14-19-13(20-23-14)9-4-5-10(11(16)7-9)8-21-6-2-3-12(21)22;1-15(16,17)13-18-12(19-23-13)11-5-3-10(4-6-11)9-21-8-7-20(2)14(21)22;1-15(16,17)14-18-13(19-23-14)11-6-4-10(5-7-11)9-20-12(21)3-2-8-22-20;1-14(15,16)12-17-11(18-22-12)10-4-2-9(3-5-10)8-19-6-7-21-13(19)20/h2*5-6,8H,2-4,7,9H2,1H3;4-5,7H,2-3,6,8H2,1H3;3-6H,7-9H2,1-2H3;4-7H,2-3,8-9H2,1H3;2-5H,6-8H2,1H3. The largest absolute Gasteiger partial charge is 0.448 e. The number of hydrogen-bond acceptors (Lipinski definition) is 26. The third-order valence-electron chi connectivity index (χ3n) is 21.7. The van der Waals surface area contributed by atoms with Crippen LogP contribution in [0.4, 0.5) is 75.4 Å². The quantitative estimate of drug-likeness (QED) is 0.0507. The SMILES string of the molecule is CC(F)(F)c1nc(-c2ccc(CN3CCCC3=O)c(F)c2)no1.CC(F)(F)c1nc(-c2ccc(CN3CCCCC3=O)c(F)c2)no1.CC(F)(F)c1nc(-c2ccc(CN3CCCCC3=O)cc2F)no1.CC(F)(F)c1nc(-c2ccc(CN3CCOC3=O)cc2)no1.CC(F)(F)c1nc(-c2ccc(CN3OCCCC3=O)cc2)no1.CN1CCN(Cc2ccc(-c3noc(C(C)(F)F)n3)cc2)C1=O. The number of cyclic esters (lactones) is 1. The molecule has 0 saturated carbocycles. The van der Waals surface area contributed by atoms with Gasteiger partial charge < -0.3 is 61.3 Å². The summed E-state index contributed by atoms with van der Waals surface area (Å²) in [5.74, 6) is -25.8. The van der Waals surface area contributed by atoms with Crippen LogP contribution < -0.4 is 0 Å². The first-order valence-electron chi connectivity index (χ1n) is 43.4. The Morgan fingerprint density at radius 3 is 0.971 bits per heavy atom. The number of aromatic nitrogens is 12. The Hall–Kier alpha value is -14.5. The van der Waals surface area contributed by atoms with Crippen LogP contribution in [-0.2, 0) is 104 Å². The average Bonchev–Trinajstić information content (AvgIpc) is 1.80. The fourth-order valence-electron chi connectivity index (χ4n) is 14.2. The van der Waals surface area contributed by atoms with Gasteiger partial charge >= 0.3 is 47.7 Å². The first-order chi connectivity index (χ1) is 65.7. The number of urea groups is 1. The van der Waals surface area contributed by atoms with Crippen molar-refractivity contribution < 1.29 is 131 Å². The zero-order valence-electron chi connectivity index (χ0n) is 75.5. The summed E-state index contributed by atoms with van der Waals surface area (Å²) in [5.41, 5.74) is 6.18. The van der Waals surface area contributed by atoms with E-state index in [9.17, 15) is 94.6 Å². The number of ether oxygens (including phenoxy) is 1. The molecule has 48 heteroatoms. The number of piperidine rings is 2. The van der Waals surface area contributed by atoms with Crippen molar-refractivity contribution in [3.8, 4) is 68.3 Å². The normalized spacial score (nSPS) is 15.7. The maximum absolute atomic E-state index is 14.3. The number of hydrogen-bond donors (Lipinski definition) is 0. The number of likely N-dealkylation sites (N-methyl/N-ethyl adjacent to an activating group) is 1. The fourth-order valence-corrected chi connectivity index (χ4v) is 14.2. The highest BCUT2D eigenvalue weighted by atomic mass is 19.3.